The Morgan fingerprint density at radius 3 is 2.69 bits per heavy atom. The van der Waals surface area contributed by atoms with Crippen LogP contribution in [0.1, 0.15) is 13.3 Å². The summed E-state index contributed by atoms with van der Waals surface area (Å²) >= 11 is 2.25. The number of ether oxygens (including phenoxy) is 1. The molecule has 0 amide bonds. The van der Waals surface area contributed by atoms with Crippen LogP contribution in [0.5, 0.6) is 5.75 Å². The third-order valence-corrected chi connectivity index (χ3v) is 2.78. The highest BCUT2D eigenvalue weighted by molar-refractivity contribution is 14.1. The molecule has 0 aromatic heterocycles. The number of aliphatic hydroxyl groups excluding tert-OH is 1. The molecule has 16 heavy (non-hydrogen) atoms. The van der Waals surface area contributed by atoms with Crippen LogP contribution < -0.4 is 10.1 Å². The summed E-state index contributed by atoms with van der Waals surface area (Å²) in [6.45, 7) is 3.94. The van der Waals surface area contributed by atoms with E-state index in [0.29, 0.717) is 13.2 Å². The molecule has 0 bridgehead atoms. The molecular weight excluding hydrogens is 317 g/mol. The topological polar surface area (TPSA) is 41.5 Å². The third kappa shape index (κ3) is 5.67. The van der Waals surface area contributed by atoms with E-state index >= 15 is 0 Å². The smallest absolute Gasteiger partial charge is 0.119 e. The molecule has 1 aromatic rings. The van der Waals surface area contributed by atoms with Gasteiger partial charge in [-0.2, -0.15) is 0 Å². The molecule has 0 saturated carbocycles. The van der Waals surface area contributed by atoms with Crippen LogP contribution >= 0.6 is 22.6 Å². The van der Waals surface area contributed by atoms with Crippen molar-refractivity contribution in [3.63, 3.8) is 0 Å². The van der Waals surface area contributed by atoms with Crippen molar-refractivity contribution < 1.29 is 9.84 Å². The molecule has 1 unspecified atom stereocenters. The van der Waals surface area contributed by atoms with E-state index in [4.69, 9.17) is 4.74 Å². The van der Waals surface area contributed by atoms with Gasteiger partial charge in [0.1, 0.15) is 18.5 Å². The Bertz CT molecular complexity index is 290. The molecule has 0 aliphatic heterocycles. The highest BCUT2D eigenvalue weighted by Gasteiger charge is 2.04. The zero-order chi connectivity index (χ0) is 11.8. The van der Waals surface area contributed by atoms with E-state index in [2.05, 4.69) is 34.8 Å². The maximum absolute atomic E-state index is 9.60. The van der Waals surface area contributed by atoms with Gasteiger partial charge in [0.2, 0.25) is 0 Å². The van der Waals surface area contributed by atoms with Gasteiger partial charge in [-0.3, -0.25) is 0 Å². The molecule has 0 radical (unpaired) electrons. The lowest BCUT2D eigenvalue weighted by Gasteiger charge is -2.12. The molecule has 1 rings (SSSR count). The van der Waals surface area contributed by atoms with Crippen LogP contribution in [0.4, 0.5) is 0 Å². The second-order valence-corrected chi connectivity index (χ2v) is 4.87. The summed E-state index contributed by atoms with van der Waals surface area (Å²) in [6, 6.07) is 7.79. The van der Waals surface area contributed by atoms with E-state index in [9.17, 15) is 5.11 Å². The number of hydrogen-bond acceptors (Lipinski definition) is 3. The second-order valence-electron chi connectivity index (χ2n) is 3.62. The van der Waals surface area contributed by atoms with Crippen molar-refractivity contribution >= 4 is 22.6 Å². The van der Waals surface area contributed by atoms with Crippen molar-refractivity contribution in [2.75, 3.05) is 19.7 Å². The zero-order valence-electron chi connectivity index (χ0n) is 9.45. The van der Waals surface area contributed by atoms with Gasteiger partial charge in [0.25, 0.3) is 0 Å². The SMILES string of the molecule is CCCNCC(O)COc1ccc(I)cc1. The Kier molecular flexibility index (Phi) is 6.75. The van der Waals surface area contributed by atoms with Gasteiger partial charge in [-0.05, 0) is 59.8 Å². The highest BCUT2D eigenvalue weighted by atomic mass is 127. The van der Waals surface area contributed by atoms with Crippen LogP contribution in [0.25, 0.3) is 0 Å². The molecule has 0 saturated heterocycles. The zero-order valence-corrected chi connectivity index (χ0v) is 11.6. The van der Waals surface area contributed by atoms with E-state index in [0.717, 1.165) is 18.7 Å². The van der Waals surface area contributed by atoms with Gasteiger partial charge in [-0.25, -0.2) is 0 Å². The normalized spacial score (nSPS) is 12.4. The fourth-order valence-electron chi connectivity index (χ4n) is 1.23. The first-order chi connectivity index (χ1) is 7.72. The van der Waals surface area contributed by atoms with E-state index in [-0.39, 0.29) is 0 Å². The summed E-state index contributed by atoms with van der Waals surface area (Å²) in [5.74, 6) is 0.801. The predicted octanol–water partition coefficient (Wildman–Crippen LogP) is 2.03. The average molecular weight is 335 g/mol. The lowest BCUT2D eigenvalue weighted by atomic mass is 10.3. The standard InChI is InChI=1S/C12H18INO2/c1-2-7-14-8-11(15)9-16-12-5-3-10(13)4-6-12/h3-6,11,14-15H,2,7-9H2,1H3. The summed E-state index contributed by atoms with van der Waals surface area (Å²) < 4.78 is 6.64. The van der Waals surface area contributed by atoms with Crippen LogP contribution in [0, 0.1) is 3.57 Å². The Labute approximate surface area is 110 Å². The first kappa shape index (κ1) is 13.7. The predicted molar refractivity (Wildman–Crippen MR) is 73.8 cm³/mol. The average Bonchev–Trinajstić information content (AvgIpc) is 2.29. The minimum Gasteiger partial charge on any atom is -0.491 e. The maximum Gasteiger partial charge on any atom is 0.119 e. The molecule has 0 aliphatic carbocycles. The van der Waals surface area contributed by atoms with E-state index in [1.807, 2.05) is 24.3 Å². The lowest BCUT2D eigenvalue weighted by Crippen LogP contribution is -2.31. The molecule has 2 N–H and O–H groups in total. The van der Waals surface area contributed by atoms with Gasteiger partial charge in [-0.15, -0.1) is 0 Å². The van der Waals surface area contributed by atoms with E-state index in [1.165, 1.54) is 3.57 Å². The van der Waals surface area contributed by atoms with Crippen molar-refractivity contribution in [2.24, 2.45) is 0 Å². The number of aliphatic hydroxyl groups is 1. The maximum atomic E-state index is 9.60. The minimum atomic E-state index is -0.453. The fraction of sp³-hybridized carbons (Fsp3) is 0.500. The van der Waals surface area contributed by atoms with Crippen molar-refractivity contribution in [3.05, 3.63) is 27.8 Å². The molecule has 0 heterocycles. The second kappa shape index (κ2) is 7.86. The summed E-state index contributed by atoms with van der Waals surface area (Å²) in [4.78, 5) is 0. The molecule has 4 heteroatoms. The Morgan fingerprint density at radius 2 is 2.06 bits per heavy atom. The molecular formula is C12H18INO2. The molecule has 0 aliphatic rings. The number of halogens is 1. The first-order valence-electron chi connectivity index (χ1n) is 5.49. The van der Waals surface area contributed by atoms with Crippen molar-refractivity contribution in [1.29, 1.82) is 0 Å². The molecule has 0 fully saturated rings. The fourth-order valence-corrected chi connectivity index (χ4v) is 1.59. The first-order valence-corrected chi connectivity index (χ1v) is 6.57. The molecule has 0 spiro atoms. The van der Waals surface area contributed by atoms with Gasteiger partial charge < -0.3 is 15.2 Å². The van der Waals surface area contributed by atoms with Crippen molar-refractivity contribution in [2.45, 2.75) is 19.4 Å². The van der Waals surface area contributed by atoms with E-state index in [1.54, 1.807) is 0 Å². The summed E-state index contributed by atoms with van der Waals surface area (Å²) in [7, 11) is 0. The Hall–Kier alpha value is -0.330. The van der Waals surface area contributed by atoms with Gasteiger partial charge in [0.05, 0.1) is 0 Å². The third-order valence-electron chi connectivity index (χ3n) is 2.06. The minimum absolute atomic E-state index is 0.331. The number of rotatable bonds is 7. The summed E-state index contributed by atoms with van der Waals surface area (Å²) in [5, 5.41) is 12.8. The van der Waals surface area contributed by atoms with Crippen LogP contribution in [0.3, 0.4) is 0 Å². The summed E-state index contributed by atoms with van der Waals surface area (Å²) in [6.07, 6.45) is 0.621. The molecule has 1 atom stereocenters. The van der Waals surface area contributed by atoms with E-state index < -0.39 is 6.10 Å². The molecule has 1 aromatic carbocycles. The van der Waals surface area contributed by atoms with Gasteiger partial charge in [-0.1, -0.05) is 6.92 Å². The van der Waals surface area contributed by atoms with Crippen LogP contribution in [-0.4, -0.2) is 30.9 Å². The Balaban J connectivity index is 2.20. The number of benzene rings is 1. The number of nitrogens with one attached hydrogen (secondary N) is 1. The van der Waals surface area contributed by atoms with Crippen LogP contribution in [0.2, 0.25) is 0 Å². The molecule has 3 nitrogen and oxygen atoms in total. The van der Waals surface area contributed by atoms with Gasteiger partial charge >= 0.3 is 0 Å². The van der Waals surface area contributed by atoms with Crippen LogP contribution in [-0.2, 0) is 0 Å². The van der Waals surface area contributed by atoms with Crippen LogP contribution in [0.15, 0.2) is 24.3 Å². The summed E-state index contributed by atoms with van der Waals surface area (Å²) in [5.41, 5.74) is 0. The highest BCUT2D eigenvalue weighted by Crippen LogP contribution is 2.13. The largest absolute Gasteiger partial charge is 0.491 e. The monoisotopic (exact) mass is 335 g/mol. The van der Waals surface area contributed by atoms with Gasteiger partial charge in [0, 0.05) is 10.1 Å². The van der Waals surface area contributed by atoms with Crippen molar-refractivity contribution in [3.8, 4) is 5.75 Å². The van der Waals surface area contributed by atoms with Gasteiger partial charge in [0.15, 0.2) is 0 Å². The lowest BCUT2D eigenvalue weighted by molar-refractivity contribution is 0.106. The Morgan fingerprint density at radius 1 is 1.38 bits per heavy atom. The quantitative estimate of drug-likeness (QED) is 0.592. The number of hydrogen-bond donors (Lipinski definition) is 2. The molecule has 90 valence electrons. The van der Waals surface area contributed by atoms with Crippen molar-refractivity contribution in [1.82, 2.24) is 5.32 Å².